The monoisotopic (exact) mass is 1320 g/mol. The molecule has 17 unspecified atom stereocenters. The Bertz CT molecular complexity index is 1760. The lowest BCUT2D eigenvalue weighted by atomic mass is 9.96. The molecule has 19 heteroatoms. The maximum Gasteiger partial charge on any atom is 0.220 e. The Labute approximate surface area is 556 Å². The zero-order chi connectivity index (χ0) is 66.8. The van der Waals surface area contributed by atoms with Gasteiger partial charge in [0.25, 0.3) is 0 Å². The minimum absolute atomic E-state index is 0.241. The first-order valence-electron chi connectivity index (χ1n) is 37.6. The van der Waals surface area contributed by atoms with Crippen molar-refractivity contribution >= 4 is 5.91 Å². The van der Waals surface area contributed by atoms with Crippen LogP contribution >= 0.6 is 0 Å². The van der Waals surface area contributed by atoms with Crippen LogP contribution in [0.3, 0.4) is 0 Å². The molecule has 3 aliphatic heterocycles. The van der Waals surface area contributed by atoms with E-state index in [0.717, 1.165) is 38.5 Å². The van der Waals surface area contributed by atoms with E-state index in [1.54, 1.807) is 6.08 Å². The fraction of sp³-hybridized carbons (Fsp3) is 0.932. The number of unbranched alkanes of at least 4 members (excludes halogenated alkanes) is 41. The van der Waals surface area contributed by atoms with E-state index in [1.807, 2.05) is 6.08 Å². The highest BCUT2D eigenvalue weighted by atomic mass is 16.8. The average Bonchev–Trinajstić information content (AvgIpc) is 0.837. The Hall–Kier alpha value is -1.73. The van der Waals surface area contributed by atoms with Crippen molar-refractivity contribution in [1.29, 1.82) is 0 Å². The van der Waals surface area contributed by atoms with E-state index in [-0.39, 0.29) is 18.9 Å². The van der Waals surface area contributed by atoms with Gasteiger partial charge in [-0.05, 0) is 32.1 Å². The highest BCUT2D eigenvalue weighted by Crippen LogP contribution is 2.33. The van der Waals surface area contributed by atoms with Gasteiger partial charge in [0.15, 0.2) is 18.9 Å². The summed E-state index contributed by atoms with van der Waals surface area (Å²) in [5.74, 6) is -0.279. The molecule has 0 aromatic heterocycles. The molecule has 3 saturated heterocycles. The Kier molecular flexibility index (Phi) is 50.7. The minimum Gasteiger partial charge on any atom is -0.394 e. The van der Waals surface area contributed by atoms with Crippen LogP contribution in [0, 0.1) is 0 Å². The first-order chi connectivity index (χ1) is 44.8. The maximum atomic E-state index is 13.4. The Morgan fingerprint density at radius 3 is 1.09 bits per heavy atom. The average molecular weight is 1320 g/mol. The van der Waals surface area contributed by atoms with Gasteiger partial charge in [-0.15, -0.1) is 0 Å². The molecule has 3 heterocycles. The number of carbonyl (C=O) groups is 1. The number of hydrogen-bond donors (Lipinski definition) is 12. The van der Waals surface area contributed by atoms with E-state index in [0.29, 0.717) is 12.8 Å². The first kappa shape index (κ1) is 84.5. The zero-order valence-corrected chi connectivity index (χ0v) is 57.5. The molecular weight excluding hydrogens is 1180 g/mol. The lowest BCUT2D eigenvalue weighted by Crippen LogP contribution is -2.66. The largest absolute Gasteiger partial charge is 0.394 e. The SMILES string of the molecule is CCCCCCCCCCCC/C=C/CC/C=C/C(O)C(COC1OC(CO)C(OC2OC(CO)C(OC3OC(CO)C(O)C(O)C3O)C(O)C2O)C(O)C1O)NC(=O)CCCCCCCCCCCCCCCCCCCCCCCCCCCCCCCCC. The molecule has 0 saturated carbocycles. The predicted octanol–water partition coefficient (Wildman–Crippen LogP) is 11.0. The third-order valence-corrected chi connectivity index (χ3v) is 19.0. The summed E-state index contributed by atoms with van der Waals surface area (Å²) >= 11 is 0. The smallest absolute Gasteiger partial charge is 0.220 e. The normalized spacial score (nSPS) is 27.8. The van der Waals surface area contributed by atoms with Crippen LogP contribution in [-0.2, 0) is 33.2 Å². The summed E-state index contributed by atoms with van der Waals surface area (Å²) in [5.41, 5.74) is 0. The van der Waals surface area contributed by atoms with Crippen LogP contribution in [0.1, 0.15) is 303 Å². The Morgan fingerprint density at radius 2 is 0.696 bits per heavy atom. The molecule has 0 aromatic rings. The van der Waals surface area contributed by atoms with Gasteiger partial charge in [-0.3, -0.25) is 4.79 Å². The zero-order valence-electron chi connectivity index (χ0n) is 57.5. The van der Waals surface area contributed by atoms with Crippen LogP contribution < -0.4 is 5.32 Å². The molecule has 92 heavy (non-hydrogen) atoms. The molecule has 0 bridgehead atoms. The molecule has 0 aliphatic carbocycles. The summed E-state index contributed by atoms with van der Waals surface area (Å²) in [4.78, 5) is 13.4. The Balaban J connectivity index is 1.37. The highest BCUT2D eigenvalue weighted by Gasteiger charge is 2.53. The lowest BCUT2D eigenvalue weighted by molar-refractivity contribution is -0.379. The number of ether oxygens (including phenoxy) is 6. The quantitative estimate of drug-likeness (QED) is 0.0199. The molecule has 1 amide bonds. The second kappa shape index (κ2) is 55.2. The number of carbonyl (C=O) groups excluding carboxylic acids is 1. The highest BCUT2D eigenvalue weighted by molar-refractivity contribution is 5.76. The third-order valence-electron chi connectivity index (χ3n) is 19.0. The molecular formula is C73H137NO18. The van der Waals surface area contributed by atoms with Crippen LogP contribution in [0.15, 0.2) is 24.3 Å². The summed E-state index contributed by atoms with van der Waals surface area (Å²) in [6.07, 6.45) is 37.5. The van der Waals surface area contributed by atoms with Gasteiger partial charge in [0.05, 0.1) is 38.6 Å². The number of aliphatic hydroxyl groups is 11. The van der Waals surface area contributed by atoms with Crippen molar-refractivity contribution in [2.75, 3.05) is 26.4 Å². The van der Waals surface area contributed by atoms with Gasteiger partial charge >= 0.3 is 0 Å². The number of allylic oxidation sites excluding steroid dienone is 3. The summed E-state index contributed by atoms with van der Waals surface area (Å²) in [6, 6.07) is -0.987. The molecule has 3 fully saturated rings. The number of nitrogens with one attached hydrogen (secondary N) is 1. The van der Waals surface area contributed by atoms with Gasteiger partial charge in [-0.25, -0.2) is 0 Å². The molecule has 12 N–H and O–H groups in total. The van der Waals surface area contributed by atoms with Crippen LogP contribution in [0.2, 0.25) is 0 Å². The van der Waals surface area contributed by atoms with Crippen molar-refractivity contribution in [3.8, 4) is 0 Å². The molecule has 19 nitrogen and oxygen atoms in total. The van der Waals surface area contributed by atoms with Crippen molar-refractivity contribution in [1.82, 2.24) is 5.32 Å². The molecule has 0 radical (unpaired) electrons. The van der Waals surface area contributed by atoms with E-state index in [4.69, 9.17) is 28.4 Å². The van der Waals surface area contributed by atoms with Gasteiger partial charge in [0.2, 0.25) is 5.91 Å². The van der Waals surface area contributed by atoms with E-state index < -0.39 is 124 Å². The second-order valence-corrected chi connectivity index (χ2v) is 27.1. The van der Waals surface area contributed by atoms with Gasteiger partial charge in [-0.1, -0.05) is 289 Å². The van der Waals surface area contributed by atoms with E-state index >= 15 is 0 Å². The van der Waals surface area contributed by atoms with Crippen molar-refractivity contribution < 1.29 is 89.4 Å². The Morgan fingerprint density at radius 1 is 0.380 bits per heavy atom. The molecule has 0 spiro atoms. The number of aliphatic hydroxyl groups excluding tert-OH is 11. The summed E-state index contributed by atoms with van der Waals surface area (Å²) in [7, 11) is 0. The first-order valence-corrected chi connectivity index (χ1v) is 37.6. The van der Waals surface area contributed by atoms with Crippen molar-refractivity contribution in [2.24, 2.45) is 0 Å². The molecule has 0 aromatic carbocycles. The minimum atomic E-state index is -1.98. The van der Waals surface area contributed by atoms with Gasteiger partial charge < -0.3 is 89.9 Å². The maximum absolute atomic E-state index is 13.4. The fourth-order valence-corrected chi connectivity index (χ4v) is 12.9. The number of rotatable bonds is 59. The topological polar surface area (TPSA) is 307 Å². The van der Waals surface area contributed by atoms with E-state index in [1.165, 1.54) is 231 Å². The molecule has 3 rings (SSSR count). The molecule has 3 aliphatic rings. The van der Waals surface area contributed by atoms with Crippen molar-refractivity contribution in [2.45, 2.75) is 407 Å². The summed E-state index contributed by atoms with van der Waals surface area (Å²) in [5, 5.41) is 121. The number of hydrogen-bond acceptors (Lipinski definition) is 18. The number of amides is 1. The lowest BCUT2D eigenvalue weighted by Gasteiger charge is -2.48. The van der Waals surface area contributed by atoms with Gasteiger partial charge in [0.1, 0.15) is 73.2 Å². The van der Waals surface area contributed by atoms with Gasteiger partial charge in [-0.2, -0.15) is 0 Å². The molecule has 17 atom stereocenters. The van der Waals surface area contributed by atoms with E-state index in [9.17, 15) is 61.0 Å². The third kappa shape index (κ3) is 36.2. The van der Waals surface area contributed by atoms with Crippen LogP contribution in [0.4, 0.5) is 0 Å². The van der Waals surface area contributed by atoms with Crippen LogP contribution in [0.25, 0.3) is 0 Å². The van der Waals surface area contributed by atoms with Crippen LogP contribution in [-0.4, -0.2) is 193 Å². The van der Waals surface area contributed by atoms with E-state index in [2.05, 4.69) is 31.3 Å². The molecule has 542 valence electrons. The summed E-state index contributed by atoms with van der Waals surface area (Å²) in [6.45, 7) is 1.75. The van der Waals surface area contributed by atoms with Crippen LogP contribution in [0.5, 0.6) is 0 Å². The standard InChI is InChI=1S/C73H137NO18/c1-3-5-7-9-11-13-15-17-19-21-22-23-24-25-26-27-28-29-30-31-32-33-34-35-37-39-41-43-45-47-49-51-61(79)74-56(57(78)50-48-46-44-42-40-38-36-20-18-16-14-12-10-8-6-4-2)55-87-71-67(85)64(82)69(59(53-76)89-71)92-73-68(86)65(83)70(60(54-77)90-73)91-72-66(84)63(81)62(80)58(52-75)88-72/h40,42,48,50,56-60,62-73,75-78,80-86H,3-39,41,43-47,49,51-55H2,1-2H3,(H,74,79)/b42-40+,50-48+. The van der Waals surface area contributed by atoms with Gasteiger partial charge in [0, 0.05) is 6.42 Å². The second-order valence-electron chi connectivity index (χ2n) is 27.1. The van der Waals surface area contributed by atoms with Crippen molar-refractivity contribution in [3.05, 3.63) is 24.3 Å². The fourth-order valence-electron chi connectivity index (χ4n) is 12.9. The van der Waals surface area contributed by atoms with Crippen molar-refractivity contribution in [3.63, 3.8) is 0 Å². The predicted molar refractivity (Wildman–Crippen MR) is 360 cm³/mol. The summed E-state index contributed by atoms with van der Waals surface area (Å²) < 4.78 is 34.4.